The van der Waals surface area contributed by atoms with Gasteiger partial charge in [-0.25, -0.2) is 0 Å². The van der Waals surface area contributed by atoms with Crippen molar-refractivity contribution in [3.05, 3.63) is 197 Å². The summed E-state index contributed by atoms with van der Waals surface area (Å²) in [5.74, 6) is 0.529. The predicted octanol–water partition coefficient (Wildman–Crippen LogP) is 12.2. The molecule has 237 valence electrons. The van der Waals surface area contributed by atoms with Crippen molar-refractivity contribution in [2.75, 3.05) is 0 Å². The van der Waals surface area contributed by atoms with E-state index < -0.39 is 5.41 Å². The quantitative estimate of drug-likeness (QED) is 0.151. The maximum atomic E-state index is 4.01. The lowest BCUT2D eigenvalue weighted by molar-refractivity contribution is 0.649. The van der Waals surface area contributed by atoms with Crippen LogP contribution in [0.5, 0.6) is 0 Å². The molecule has 3 unspecified atom stereocenters. The molecule has 6 aromatic rings. The molecule has 0 spiro atoms. The minimum absolute atomic E-state index is 0.0383. The van der Waals surface area contributed by atoms with E-state index in [1.54, 1.807) is 0 Å². The van der Waals surface area contributed by atoms with Crippen LogP contribution in [0.4, 0.5) is 0 Å². The summed E-state index contributed by atoms with van der Waals surface area (Å²) >= 11 is 0. The zero-order chi connectivity index (χ0) is 33.6. The molecular formula is C48H41Si. The highest BCUT2D eigenvalue weighted by Crippen LogP contribution is 2.57. The summed E-state index contributed by atoms with van der Waals surface area (Å²) in [6, 6.07) is 54.8. The lowest BCUT2D eigenvalue weighted by Crippen LogP contribution is -2.29. The third-order valence-corrected chi connectivity index (χ3v) is 11.6. The van der Waals surface area contributed by atoms with E-state index in [2.05, 4.69) is 195 Å². The third kappa shape index (κ3) is 5.38. The molecule has 0 amide bonds. The molecule has 0 bridgehead atoms. The molecule has 0 saturated carbocycles. The van der Waals surface area contributed by atoms with Crippen LogP contribution in [0.3, 0.4) is 0 Å². The minimum atomic E-state index is -0.504. The second kappa shape index (κ2) is 12.5. The maximum Gasteiger partial charge on any atom is 0.0714 e. The average Bonchev–Trinajstić information content (AvgIpc) is 3.46. The molecule has 6 aromatic carbocycles. The van der Waals surface area contributed by atoms with Crippen LogP contribution in [0.1, 0.15) is 67.0 Å². The molecule has 3 radical (unpaired) electrons. The molecule has 0 fully saturated rings. The van der Waals surface area contributed by atoms with Gasteiger partial charge in [0.15, 0.2) is 0 Å². The molecule has 0 heterocycles. The highest BCUT2D eigenvalue weighted by atomic mass is 28.1. The lowest BCUT2D eigenvalue weighted by atomic mass is 9.66. The van der Waals surface area contributed by atoms with Gasteiger partial charge in [-0.15, -0.1) is 0 Å². The molecule has 2 aliphatic rings. The Kier molecular flexibility index (Phi) is 7.97. The van der Waals surface area contributed by atoms with Gasteiger partial charge in [-0.3, -0.25) is 0 Å². The van der Waals surface area contributed by atoms with Gasteiger partial charge in [0.25, 0.3) is 0 Å². The Morgan fingerprint density at radius 1 is 0.612 bits per heavy atom. The summed E-state index contributed by atoms with van der Waals surface area (Å²) in [5, 5.41) is -0.0383. The molecule has 0 N–H and O–H groups in total. The molecule has 8 rings (SSSR count). The van der Waals surface area contributed by atoms with Crippen molar-refractivity contribution in [1.29, 1.82) is 0 Å². The van der Waals surface area contributed by atoms with Gasteiger partial charge in [-0.2, -0.15) is 0 Å². The first-order valence-corrected chi connectivity index (χ1v) is 18.1. The van der Waals surface area contributed by atoms with Gasteiger partial charge in [0.2, 0.25) is 0 Å². The zero-order valence-corrected chi connectivity index (χ0v) is 29.6. The molecule has 3 atom stereocenters. The van der Waals surface area contributed by atoms with Crippen molar-refractivity contribution in [2.24, 2.45) is 5.92 Å². The largest absolute Gasteiger partial charge is 0.0814 e. The summed E-state index contributed by atoms with van der Waals surface area (Å²) in [5.41, 5.74) is 16.3. The van der Waals surface area contributed by atoms with Gasteiger partial charge in [0, 0.05) is 10.2 Å². The van der Waals surface area contributed by atoms with Gasteiger partial charge in [0.1, 0.15) is 0 Å². The minimum Gasteiger partial charge on any atom is -0.0814 e. The Labute approximate surface area is 295 Å². The summed E-state index contributed by atoms with van der Waals surface area (Å²) in [4.78, 5) is 0. The first-order chi connectivity index (χ1) is 23.9. The van der Waals surface area contributed by atoms with Crippen molar-refractivity contribution in [1.82, 2.24) is 0 Å². The summed E-state index contributed by atoms with van der Waals surface area (Å²) < 4.78 is 0. The average molecular weight is 646 g/mol. The zero-order valence-electron chi connectivity index (χ0n) is 28.6. The van der Waals surface area contributed by atoms with Crippen molar-refractivity contribution in [3.8, 4) is 33.4 Å². The smallest absolute Gasteiger partial charge is 0.0714 e. The first-order valence-electron chi connectivity index (χ1n) is 17.6. The van der Waals surface area contributed by atoms with Gasteiger partial charge < -0.3 is 0 Å². The van der Waals surface area contributed by atoms with Crippen LogP contribution in [0.15, 0.2) is 164 Å². The fourth-order valence-electron chi connectivity index (χ4n) is 8.06. The number of allylic oxidation sites excluding steroid dienone is 4. The van der Waals surface area contributed by atoms with E-state index >= 15 is 0 Å². The Morgan fingerprint density at radius 3 is 1.94 bits per heavy atom. The Bertz CT molecular complexity index is 2220. The maximum absolute atomic E-state index is 4.01. The Hall–Kier alpha value is -4.98. The molecule has 0 aliphatic heterocycles. The summed E-state index contributed by atoms with van der Waals surface area (Å²) in [6.07, 6.45) is 8.91. The second-order valence-electron chi connectivity index (χ2n) is 14.1. The van der Waals surface area contributed by atoms with E-state index in [1.807, 2.05) is 0 Å². The molecule has 1 heteroatoms. The molecule has 0 aromatic heterocycles. The van der Waals surface area contributed by atoms with Crippen molar-refractivity contribution >= 4 is 15.8 Å². The predicted molar refractivity (Wildman–Crippen MR) is 209 cm³/mol. The summed E-state index contributed by atoms with van der Waals surface area (Å²) in [7, 11) is 4.01. The molecule has 2 aliphatic carbocycles. The number of hydrogen-bond acceptors (Lipinski definition) is 0. The van der Waals surface area contributed by atoms with Crippen LogP contribution in [0, 0.1) is 5.92 Å². The lowest BCUT2D eigenvalue weighted by Gasteiger charge is -2.35. The monoisotopic (exact) mass is 645 g/mol. The molecule has 0 nitrogen and oxygen atoms in total. The van der Waals surface area contributed by atoms with Gasteiger partial charge in [0.05, 0.1) is 5.41 Å². The van der Waals surface area contributed by atoms with E-state index in [0.29, 0.717) is 5.92 Å². The normalized spacial score (nSPS) is 19.1. The number of rotatable bonds is 7. The van der Waals surface area contributed by atoms with Crippen LogP contribution in [0.2, 0.25) is 0 Å². The van der Waals surface area contributed by atoms with E-state index in [0.717, 1.165) is 12.8 Å². The number of benzene rings is 6. The first kappa shape index (κ1) is 31.3. The van der Waals surface area contributed by atoms with Crippen molar-refractivity contribution in [2.45, 2.75) is 44.1 Å². The van der Waals surface area contributed by atoms with Crippen LogP contribution in [0.25, 0.3) is 39.0 Å². The third-order valence-electron chi connectivity index (χ3n) is 11.0. The van der Waals surface area contributed by atoms with Crippen LogP contribution >= 0.6 is 0 Å². The Morgan fingerprint density at radius 2 is 1.20 bits per heavy atom. The SMILES string of the molecule is CCC(C)([Si])c1ccc(-c2ccc3c(c2)C(c2cccc(C4=CC=CC(C)C4)c2)(c2cccc(-c4ccccc4)c2)c2ccccc2-3)cc1. The van der Waals surface area contributed by atoms with Crippen molar-refractivity contribution < 1.29 is 0 Å². The molecule has 0 saturated heterocycles. The fourth-order valence-corrected chi connectivity index (χ4v) is 8.22. The van der Waals surface area contributed by atoms with Crippen molar-refractivity contribution in [3.63, 3.8) is 0 Å². The molecule has 49 heavy (non-hydrogen) atoms. The van der Waals surface area contributed by atoms with Crippen LogP contribution in [-0.2, 0) is 10.5 Å². The van der Waals surface area contributed by atoms with E-state index in [1.165, 1.54) is 72.3 Å². The standard InChI is InChI=1S/C48H41Si/c1-4-47(3,49)40-26-23-35(24-27-40)39-25-28-44-43-21-8-9-22-45(43)48(46(44)32-39,41-19-11-17-37(30-41)34-14-6-5-7-15-34)42-20-12-18-38(31-42)36-16-10-13-33(2)29-36/h5-28,30-33H,4,29H2,1-3H3. The second-order valence-corrected chi connectivity index (χ2v) is 15.2. The Balaban J connectivity index is 1.39. The number of hydrogen-bond donors (Lipinski definition) is 0. The van der Waals surface area contributed by atoms with Gasteiger partial charge >= 0.3 is 0 Å². The highest BCUT2D eigenvalue weighted by Gasteiger charge is 2.46. The van der Waals surface area contributed by atoms with Crippen LogP contribution in [-0.4, -0.2) is 10.2 Å². The van der Waals surface area contributed by atoms with E-state index in [-0.39, 0.29) is 5.04 Å². The number of fused-ring (bicyclic) bond motifs is 3. The van der Waals surface area contributed by atoms with E-state index in [4.69, 9.17) is 0 Å². The summed E-state index contributed by atoms with van der Waals surface area (Å²) in [6.45, 7) is 6.78. The highest BCUT2D eigenvalue weighted by molar-refractivity contribution is 6.15. The fraction of sp³-hybridized carbons (Fsp3) is 0.167. The molecular weight excluding hydrogens is 605 g/mol. The van der Waals surface area contributed by atoms with Gasteiger partial charge in [-0.1, -0.05) is 166 Å². The van der Waals surface area contributed by atoms with Crippen LogP contribution < -0.4 is 0 Å². The van der Waals surface area contributed by atoms with E-state index in [9.17, 15) is 0 Å². The topological polar surface area (TPSA) is 0 Å². The van der Waals surface area contributed by atoms with Gasteiger partial charge in [-0.05, 0) is 114 Å².